The first-order valence-corrected chi connectivity index (χ1v) is 5.06. The van der Waals surface area contributed by atoms with Crippen LogP contribution in [0.3, 0.4) is 0 Å². The zero-order valence-corrected chi connectivity index (χ0v) is 9.63. The fourth-order valence-electron chi connectivity index (χ4n) is 1.06. The summed E-state index contributed by atoms with van der Waals surface area (Å²) in [5.41, 5.74) is 0. The normalized spacial score (nSPS) is 10.4. The van der Waals surface area contributed by atoms with Gasteiger partial charge in [-0.3, -0.25) is 0 Å². The van der Waals surface area contributed by atoms with Crippen LogP contribution in [0.25, 0.3) is 5.95 Å². The van der Waals surface area contributed by atoms with Crippen LogP contribution >= 0.6 is 11.6 Å². The summed E-state index contributed by atoms with van der Waals surface area (Å²) in [7, 11) is 1.87. The van der Waals surface area contributed by atoms with Crippen LogP contribution in [0.2, 0.25) is 5.28 Å². The van der Waals surface area contributed by atoms with Crippen molar-refractivity contribution in [2.75, 3.05) is 18.5 Å². The van der Waals surface area contributed by atoms with Crippen LogP contribution in [0.1, 0.15) is 6.92 Å². The third-order valence-corrected chi connectivity index (χ3v) is 2.19. The molecule has 0 atom stereocenters. The molecular formula is C8H10ClN7. The van der Waals surface area contributed by atoms with E-state index in [2.05, 4.69) is 25.0 Å². The van der Waals surface area contributed by atoms with E-state index < -0.39 is 0 Å². The zero-order valence-electron chi connectivity index (χ0n) is 8.87. The first-order valence-electron chi connectivity index (χ1n) is 4.68. The molecule has 0 aliphatic carbocycles. The van der Waals surface area contributed by atoms with Crippen LogP contribution < -0.4 is 4.90 Å². The van der Waals surface area contributed by atoms with Gasteiger partial charge in [0, 0.05) is 13.6 Å². The largest absolute Gasteiger partial charge is 0.344 e. The Bertz CT molecular complexity index is 469. The second-order valence-electron chi connectivity index (χ2n) is 3.06. The molecule has 0 aliphatic rings. The van der Waals surface area contributed by atoms with E-state index in [0.29, 0.717) is 11.9 Å². The number of halogens is 1. The Balaban J connectivity index is 2.44. The van der Waals surface area contributed by atoms with Crippen molar-refractivity contribution in [3.63, 3.8) is 0 Å². The molecule has 2 aromatic heterocycles. The Kier molecular flexibility index (Phi) is 2.95. The molecule has 0 unspecified atom stereocenters. The molecule has 0 radical (unpaired) electrons. The Morgan fingerprint density at radius 2 is 2.19 bits per heavy atom. The molecule has 0 spiro atoms. The fourth-order valence-corrected chi connectivity index (χ4v) is 1.21. The van der Waals surface area contributed by atoms with Crippen molar-refractivity contribution < 1.29 is 0 Å². The van der Waals surface area contributed by atoms with Crippen molar-refractivity contribution in [1.82, 2.24) is 29.7 Å². The maximum atomic E-state index is 5.82. The number of aromatic nitrogens is 6. The molecule has 2 rings (SSSR count). The van der Waals surface area contributed by atoms with Gasteiger partial charge in [-0.15, -0.1) is 0 Å². The summed E-state index contributed by atoms with van der Waals surface area (Å²) in [6.07, 6.45) is 2.91. The van der Waals surface area contributed by atoms with E-state index in [0.717, 1.165) is 6.54 Å². The molecule has 0 bridgehead atoms. The first kappa shape index (κ1) is 10.7. The van der Waals surface area contributed by atoms with Crippen molar-refractivity contribution in [1.29, 1.82) is 0 Å². The highest BCUT2D eigenvalue weighted by Crippen LogP contribution is 2.11. The van der Waals surface area contributed by atoms with Gasteiger partial charge in [0.05, 0.1) is 0 Å². The van der Waals surface area contributed by atoms with Gasteiger partial charge < -0.3 is 4.90 Å². The van der Waals surface area contributed by atoms with Crippen molar-refractivity contribution in [3.05, 3.63) is 17.9 Å². The molecule has 0 aromatic carbocycles. The molecule has 7 nitrogen and oxygen atoms in total. The fraction of sp³-hybridized carbons (Fsp3) is 0.375. The number of rotatable bonds is 3. The van der Waals surface area contributed by atoms with Crippen LogP contribution in [0.15, 0.2) is 12.7 Å². The molecule has 8 heteroatoms. The van der Waals surface area contributed by atoms with E-state index in [-0.39, 0.29) is 5.28 Å². The Morgan fingerprint density at radius 1 is 1.38 bits per heavy atom. The maximum absolute atomic E-state index is 5.82. The van der Waals surface area contributed by atoms with Gasteiger partial charge in [-0.05, 0) is 18.5 Å². The highest BCUT2D eigenvalue weighted by atomic mass is 35.5. The van der Waals surface area contributed by atoms with Gasteiger partial charge in [0.15, 0.2) is 0 Å². The number of anilines is 1. The van der Waals surface area contributed by atoms with E-state index in [9.17, 15) is 0 Å². The van der Waals surface area contributed by atoms with Crippen LogP contribution in [-0.2, 0) is 0 Å². The average molecular weight is 240 g/mol. The molecule has 84 valence electrons. The SMILES string of the molecule is CCN(C)c1nc(Cl)nc(-n2cncn2)n1. The smallest absolute Gasteiger partial charge is 0.258 e. The molecule has 0 amide bonds. The minimum atomic E-state index is 0.135. The van der Waals surface area contributed by atoms with Gasteiger partial charge >= 0.3 is 0 Å². The third kappa shape index (κ3) is 2.08. The van der Waals surface area contributed by atoms with Crippen LogP contribution in [0.4, 0.5) is 5.95 Å². The van der Waals surface area contributed by atoms with Crippen LogP contribution in [0, 0.1) is 0 Å². The van der Waals surface area contributed by atoms with E-state index in [1.165, 1.54) is 17.3 Å². The lowest BCUT2D eigenvalue weighted by Gasteiger charge is -2.14. The molecule has 2 aromatic rings. The number of hydrogen-bond acceptors (Lipinski definition) is 6. The summed E-state index contributed by atoms with van der Waals surface area (Å²) in [5.74, 6) is 0.862. The summed E-state index contributed by atoms with van der Waals surface area (Å²) < 4.78 is 1.43. The highest BCUT2D eigenvalue weighted by molar-refractivity contribution is 6.28. The standard InChI is InChI=1S/C8H10ClN7/c1-3-15(2)7-12-6(9)13-8(14-7)16-5-10-4-11-16/h4-5H,3H2,1-2H3. The lowest BCUT2D eigenvalue weighted by molar-refractivity contribution is 0.778. The van der Waals surface area contributed by atoms with E-state index in [4.69, 9.17) is 11.6 Å². The zero-order chi connectivity index (χ0) is 11.5. The Morgan fingerprint density at radius 3 is 2.81 bits per heavy atom. The topological polar surface area (TPSA) is 72.6 Å². The summed E-state index contributed by atoms with van der Waals surface area (Å²) in [6, 6.07) is 0. The van der Waals surface area contributed by atoms with Gasteiger partial charge in [-0.2, -0.15) is 24.7 Å². The summed E-state index contributed by atoms with van der Waals surface area (Å²) in [5, 5.41) is 4.06. The number of nitrogens with zero attached hydrogens (tertiary/aromatic N) is 7. The molecule has 0 N–H and O–H groups in total. The Labute approximate surface area is 97.1 Å². The molecule has 2 heterocycles. The molecule has 0 aliphatic heterocycles. The molecular weight excluding hydrogens is 230 g/mol. The van der Waals surface area contributed by atoms with Gasteiger partial charge in [0.25, 0.3) is 5.95 Å². The van der Waals surface area contributed by atoms with E-state index in [1.807, 2.05) is 18.9 Å². The van der Waals surface area contributed by atoms with Crippen molar-refractivity contribution >= 4 is 17.5 Å². The summed E-state index contributed by atoms with van der Waals surface area (Å²) in [6.45, 7) is 2.77. The van der Waals surface area contributed by atoms with Gasteiger partial charge in [0.2, 0.25) is 11.2 Å². The summed E-state index contributed by atoms with van der Waals surface area (Å²) >= 11 is 5.82. The molecule has 0 saturated carbocycles. The quantitative estimate of drug-likeness (QED) is 0.779. The van der Waals surface area contributed by atoms with Crippen molar-refractivity contribution in [2.45, 2.75) is 6.92 Å². The van der Waals surface area contributed by atoms with E-state index >= 15 is 0 Å². The molecule has 0 saturated heterocycles. The second-order valence-corrected chi connectivity index (χ2v) is 3.40. The van der Waals surface area contributed by atoms with Gasteiger partial charge in [0.1, 0.15) is 12.7 Å². The number of hydrogen-bond donors (Lipinski definition) is 0. The average Bonchev–Trinajstić information content (AvgIpc) is 2.80. The highest BCUT2D eigenvalue weighted by Gasteiger charge is 2.09. The molecule has 16 heavy (non-hydrogen) atoms. The minimum absolute atomic E-state index is 0.135. The van der Waals surface area contributed by atoms with Crippen LogP contribution in [-0.4, -0.2) is 43.3 Å². The Hall–Kier alpha value is -1.76. The minimum Gasteiger partial charge on any atom is -0.344 e. The lowest BCUT2D eigenvalue weighted by atomic mass is 10.6. The monoisotopic (exact) mass is 239 g/mol. The van der Waals surface area contributed by atoms with Gasteiger partial charge in [-0.1, -0.05) is 0 Å². The summed E-state index contributed by atoms with van der Waals surface area (Å²) in [4.78, 5) is 17.9. The lowest BCUT2D eigenvalue weighted by Crippen LogP contribution is -2.20. The molecule has 0 fully saturated rings. The third-order valence-electron chi connectivity index (χ3n) is 2.02. The predicted molar refractivity (Wildman–Crippen MR) is 58.7 cm³/mol. The predicted octanol–water partition coefficient (Wildman–Crippen LogP) is 0.562. The first-order chi connectivity index (χ1) is 7.70. The van der Waals surface area contributed by atoms with Crippen molar-refractivity contribution in [3.8, 4) is 5.95 Å². The second kappa shape index (κ2) is 4.40. The van der Waals surface area contributed by atoms with Crippen molar-refractivity contribution in [2.24, 2.45) is 0 Å². The van der Waals surface area contributed by atoms with E-state index in [1.54, 1.807) is 0 Å². The maximum Gasteiger partial charge on any atom is 0.258 e. The van der Waals surface area contributed by atoms with Gasteiger partial charge in [-0.25, -0.2) is 4.98 Å². The van der Waals surface area contributed by atoms with Crippen LogP contribution in [0.5, 0.6) is 0 Å².